The van der Waals surface area contributed by atoms with Gasteiger partial charge in [-0.25, -0.2) is 4.79 Å². The molecule has 0 amide bonds. The molecule has 0 radical (unpaired) electrons. The van der Waals surface area contributed by atoms with Crippen LogP contribution in [0.3, 0.4) is 0 Å². The third-order valence-electron chi connectivity index (χ3n) is 3.57. The van der Waals surface area contributed by atoms with Gasteiger partial charge in [-0.1, -0.05) is 12.8 Å². The Hall–Kier alpha value is -1.75. The van der Waals surface area contributed by atoms with Gasteiger partial charge in [0.1, 0.15) is 0 Å². The van der Waals surface area contributed by atoms with E-state index in [0.717, 1.165) is 25.7 Å². The quantitative estimate of drug-likeness (QED) is 0.762. The highest BCUT2D eigenvalue weighted by molar-refractivity contribution is 5.89. The summed E-state index contributed by atoms with van der Waals surface area (Å²) in [6.45, 7) is 0. The smallest absolute Gasteiger partial charge is 0.335 e. The number of methoxy groups -OCH3 is 1. The molecule has 0 spiro atoms. The lowest BCUT2D eigenvalue weighted by Gasteiger charge is -2.26. The Kier molecular flexibility index (Phi) is 3.17. The maximum Gasteiger partial charge on any atom is 0.335 e. The average molecular weight is 251 g/mol. The summed E-state index contributed by atoms with van der Waals surface area (Å²) >= 11 is 0. The van der Waals surface area contributed by atoms with Crippen molar-refractivity contribution >= 4 is 5.97 Å². The van der Waals surface area contributed by atoms with Crippen LogP contribution in [0.5, 0.6) is 11.5 Å². The number of carboxylic acids is 1. The van der Waals surface area contributed by atoms with Crippen LogP contribution in [0.2, 0.25) is 0 Å². The van der Waals surface area contributed by atoms with E-state index >= 15 is 0 Å². The van der Waals surface area contributed by atoms with Crippen LogP contribution in [0.15, 0.2) is 12.1 Å². The molecule has 0 heterocycles. The molecule has 0 unspecified atom stereocenters. The van der Waals surface area contributed by atoms with Crippen molar-refractivity contribution in [3.63, 3.8) is 0 Å². The molecule has 1 aliphatic carbocycles. The number of benzene rings is 1. The first-order valence-electron chi connectivity index (χ1n) is 5.91. The number of phenols is 1. The van der Waals surface area contributed by atoms with Crippen molar-refractivity contribution < 1.29 is 19.7 Å². The van der Waals surface area contributed by atoms with E-state index in [-0.39, 0.29) is 17.1 Å². The number of carboxylic acid groups (broad SMARTS) is 1. The zero-order chi connectivity index (χ0) is 13.3. The van der Waals surface area contributed by atoms with Gasteiger partial charge in [0.2, 0.25) is 0 Å². The van der Waals surface area contributed by atoms with Gasteiger partial charge in [-0.2, -0.15) is 0 Å². The molecule has 0 atom stereocenters. The molecule has 1 saturated carbocycles. The predicted octanol–water partition coefficient (Wildman–Crippen LogP) is 1.83. The lowest BCUT2D eigenvalue weighted by atomic mass is 9.87. The molecule has 1 aliphatic rings. The number of aromatic carboxylic acids is 1. The summed E-state index contributed by atoms with van der Waals surface area (Å²) in [5.74, 6) is -0.954. The van der Waals surface area contributed by atoms with Crippen molar-refractivity contribution in [2.75, 3.05) is 7.11 Å². The van der Waals surface area contributed by atoms with Crippen LogP contribution in [0.1, 0.15) is 41.6 Å². The van der Waals surface area contributed by atoms with Gasteiger partial charge in [0, 0.05) is 11.1 Å². The van der Waals surface area contributed by atoms with Crippen molar-refractivity contribution in [2.24, 2.45) is 5.73 Å². The normalized spacial score (nSPS) is 17.7. The number of aromatic hydroxyl groups is 1. The third-order valence-corrected chi connectivity index (χ3v) is 3.57. The predicted molar refractivity (Wildman–Crippen MR) is 66.0 cm³/mol. The Balaban J connectivity index is 2.57. The molecule has 0 saturated heterocycles. The van der Waals surface area contributed by atoms with Crippen LogP contribution in [0, 0.1) is 0 Å². The second-order valence-corrected chi connectivity index (χ2v) is 4.74. The average Bonchev–Trinajstić information content (AvgIpc) is 2.77. The van der Waals surface area contributed by atoms with Crippen LogP contribution in [0.4, 0.5) is 0 Å². The molecular formula is C13H17NO4. The monoisotopic (exact) mass is 251 g/mol. The van der Waals surface area contributed by atoms with E-state index in [1.165, 1.54) is 19.2 Å². The molecule has 1 fully saturated rings. The molecule has 98 valence electrons. The number of rotatable bonds is 3. The van der Waals surface area contributed by atoms with E-state index in [4.69, 9.17) is 15.6 Å². The van der Waals surface area contributed by atoms with Gasteiger partial charge in [-0.15, -0.1) is 0 Å². The summed E-state index contributed by atoms with van der Waals surface area (Å²) in [7, 11) is 1.39. The highest BCUT2D eigenvalue weighted by atomic mass is 16.5. The molecule has 0 bridgehead atoms. The lowest BCUT2D eigenvalue weighted by molar-refractivity contribution is 0.0696. The van der Waals surface area contributed by atoms with Crippen LogP contribution in [-0.4, -0.2) is 23.3 Å². The summed E-state index contributed by atoms with van der Waals surface area (Å²) in [4.78, 5) is 11.1. The highest BCUT2D eigenvalue weighted by Gasteiger charge is 2.35. The van der Waals surface area contributed by atoms with E-state index in [1.54, 1.807) is 0 Å². The summed E-state index contributed by atoms with van der Waals surface area (Å²) in [5, 5.41) is 19.2. The molecule has 0 aliphatic heterocycles. The highest BCUT2D eigenvalue weighted by Crippen LogP contribution is 2.44. The Morgan fingerprint density at radius 1 is 1.39 bits per heavy atom. The fourth-order valence-corrected chi connectivity index (χ4v) is 2.54. The second-order valence-electron chi connectivity index (χ2n) is 4.74. The van der Waals surface area contributed by atoms with Gasteiger partial charge in [0.05, 0.1) is 12.7 Å². The second kappa shape index (κ2) is 4.49. The van der Waals surface area contributed by atoms with Crippen LogP contribution >= 0.6 is 0 Å². The third kappa shape index (κ3) is 2.01. The van der Waals surface area contributed by atoms with E-state index in [2.05, 4.69) is 0 Å². The number of ether oxygens (including phenoxy) is 1. The largest absolute Gasteiger partial charge is 0.504 e. The molecule has 5 nitrogen and oxygen atoms in total. The number of hydrogen-bond donors (Lipinski definition) is 3. The molecule has 2 rings (SSSR count). The number of nitrogens with two attached hydrogens (primary N) is 1. The van der Waals surface area contributed by atoms with Crippen molar-refractivity contribution in [3.8, 4) is 11.5 Å². The Morgan fingerprint density at radius 2 is 2.00 bits per heavy atom. The fraction of sp³-hybridized carbons (Fsp3) is 0.462. The van der Waals surface area contributed by atoms with Gasteiger partial charge < -0.3 is 20.7 Å². The molecule has 4 N–H and O–H groups in total. The van der Waals surface area contributed by atoms with E-state index in [1.807, 2.05) is 0 Å². The summed E-state index contributed by atoms with van der Waals surface area (Å²) < 4.78 is 5.01. The van der Waals surface area contributed by atoms with Gasteiger partial charge in [0.25, 0.3) is 0 Å². The minimum Gasteiger partial charge on any atom is -0.504 e. The van der Waals surface area contributed by atoms with Crippen LogP contribution < -0.4 is 10.5 Å². The molecule has 1 aromatic carbocycles. The Bertz CT molecular complexity index is 478. The van der Waals surface area contributed by atoms with Gasteiger partial charge in [-0.05, 0) is 25.0 Å². The lowest BCUT2D eigenvalue weighted by Crippen LogP contribution is -2.33. The molecule has 5 heteroatoms. The van der Waals surface area contributed by atoms with Crippen molar-refractivity contribution in [1.82, 2.24) is 0 Å². The molecule has 0 aromatic heterocycles. The maximum absolute atomic E-state index is 11.1. The van der Waals surface area contributed by atoms with E-state index in [9.17, 15) is 9.90 Å². The minimum atomic E-state index is -1.06. The van der Waals surface area contributed by atoms with Gasteiger partial charge in [0.15, 0.2) is 11.5 Å². The molecule has 18 heavy (non-hydrogen) atoms. The van der Waals surface area contributed by atoms with Crippen molar-refractivity contribution in [1.29, 1.82) is 0 Å². The first-order chi connectivity index (χ1) is 8.48. The standard InChI is InChI=1S/C13H17NO4/c1-18-10-7-8(12(16)17)6-9(11(10)15)13(14)4-2-3-5-13/h6-7,15H,2-5,14H2,1H3,(H,16,17). The van der Waals surface area contributed by atoms with Crippen LogP contribution in [-0.2, 0) is 5.54 Å². The first kappa shape index (κ1) is 12.7. The van der Waals surface area contributed by atoms with Gasteiger partial charge in [-0.3, -0.25) is 0 Å². The molecular weight excluding hydrogens is 234 g/mol. The van der Waals surface area contributed by atoms with Gasteiger partial charge >= 0.3 is 5.97 Å². The topological polar surface area (TPSA) is 92.8 Å². The summed E-state index contributed by atoms with van der Waals surface area (Å²) in [6, 6.07) is 2.75. The fourth-order valence-electron chi connectivity index (χ4n) is 2.54. The summed E-state index contributed by atoms with van der Waals surface area (Å²) in [6.07, 6.45) is 3.45. The number of carbonyl (C=O) groups is 1. The van der Waals surface area contributed by atoms with Crippen molar-refractivity contribution in [3.05, 3.63) is 23.3 Å². The van der Waals surface area contributed by atoms with Crippen molar-refractivity contribution in [2.45, 2.75) is 31.2 Å². The maximum atomic E-state index is 11.1. The zero-order valence-corrected chi connectivity index (χ0v) is 10.3. The zero-order valence-electron chi connectivity index (χ0n) is 10.3. The number of hydrogen-bond acceptors (Lipinski definition) is 4. The molecule has 1 aromatic rings. The summed E-state index contributed by atoms with van der Waals surface area (Å²) in [5.41, 5.74) is 6.16. The van der Waals surface area contributed by atoms with E-state index in [0.29, 0.717) is 5.56 Å². The van der Waals surface area contributed by atoms with E-state index < -0.39 is 11.5 Å². The van der Waals surface area contributed by atoms with Crippen LogP contribution in [0.25, 0.3) is 0 Å². The Labute approximate surface area is 105 Å². The number of phenolic OH excluding ortho intramolecular Hbond substituents is 1. The Morgan fingerprint density at radius 3 is 2.50 bits per heavy atom. The SMILES string of the molecule is COc1cc(C(=O)O)cc(C2(N)CCCC2)c1O. The minimum absolute atomic E-state index is 0.0492. The first-order valence-corrected chi connectivity index (χ1v) is 5.91.